The molecule has 1 atom stereocenters. The summed E-state index contributed by atoms with van der Waals surface area (Å²) in [5.74, 6) is 0.220. The summed E-state index contributed by atoms with van der Waals surface area (Å²) in [6.07, 6.45) is -0.552. The number of aliphatic hydroxyl groups excluding tert-OH is 1. The first kappa shape index (κ1) is 12.7. The van der Waals surface area contributed by atoms with Gasteiger partial charge < -0.3 is 10.4 Å². The maximum absolute atomic E-state index is 9.44. The van der Waals surface area contributed by atoms with E-state index in [1.54, 1.807) is 4.68 Å². The van der Waals surface area contributed by atoms with E-state index >= 15 is 0 Å². The Morgan fingerprint density at radius 3 is 3.06 bits per heavy atom. The zero-order valence-corrected chi connectivity index (χ0v) is 11.7. The van der Waals surface area contributed by atoms with E-state index in [9.17, 15) is 5.11 Å². The molecule has 0 fully saturated rings. The third kappa shape index (κ3) is 2.56. The fraction of sp³-hybridized carbons (Fsp3) is 0.364. The molecule has 2 rings (SSSR count). The Labute approximate surface area is 113 Å². The van der Waals surface area contributed by atoms with Crippen LogP contribution in [0, 0.1) is 0 Å². The molecule has 0 spiro atoms. The Bertz CT molecular complexity index is 529. The number of benzene rings is 1. The fourth-order valence-corrected chi connectivity index (χ4v) is 2.39. The molecule has 17 heavy (non-hydrogen) atoms. The average molecular weight is 319 g/mol. The molecule has 2 aromatic rings. The normalized spacial score (nSPS) is 12.9. The second-order valence-electron chi connectivity index (χ2n) is 3.81. The van der Waals surface area contributed by atoms with Crippen molar-refractivity contribution in [1.82, 2.24) is 9.78 Å². The van der Waals surface area contributed by atoms with E-state index in [0.29, 0.717) is 6.54 Å². The summed E-state index contributed by atoms with van der Waals surface area (Å²) in [7, 11) is 1.89. The molecule has 0 radical (unpaired) electrons. The summed E-state index contributed by atoms with van der Waals surface area (Å²) in [6.45, 7) is 0.422. The van der Waals surface area contributed by atoms with Gasteiger partial charge in [0, 0.05) is 19.0 Å². The van der Waals surface area contributed by atoms with E-state index in [0.717, 1.165) is 21.2 Å². The molecule has 0 aliphatic carbocycles. The highest BCUT2D eigenvalue weighted by Gasteiger charge is 2.10. The monoisotopic (exact) mass is 317 g/mol. The lowest BCUT2D eigenvalue weighted by Crippen LogP contribution is -2.21. The van der Waals surface area contributed by atoms with Crippen molar-refractivity contribution in [2.75, 3.05) is 17.7 Å². The van der Waals surface area contributed by atoms with E-state index in [1.807, 2.05) is 25.2 Å². The Hall–Kier alpha value is -0.780. The molecular formula is C11H13BrClN3O. The molecule has 0 saturated heterocycles. The van der Waals surface area contributed by atoms with Crippen LogP contribution in [0.5, 0.6) is 0 Å². The first-order valence-corrected chi connectivity index (χ1v) is 6.55. The lowest BCUT2D eigenvalue weighted by Gasteiger charge is -2.11. The van der Waals surface area contributed by atoms with Crippen LogP contribution in [0.1, 0.15) is 0 Å². The predicted octanol–water partition coefficient (Wildman–Crippen LogP) is 2.35. The minimum atomic E-state index is -0.552. The third-order valence-electron chi connectivity index (χ3n) is 2.53. The number of fused-ring (bicyclic) bond motifs is 1. The van der Waals surface area contributed by atoms with Crippen LogP contribution in [-0.4, -0.2) is 33.4 Å². The van der Waals surface area contributed by atoms with Gasteiger partial charge in [-0.1, -0.05) is 6.07 Å². The number of aliphatic hydroxyl groups is 1. The number of hydrogen-bond donors (Lipinski definition) is 2. The van der Waals surface area contributed by atoms with Crippen molar-refractivity contribution in [3.63, 3.8) is 0 Å². The van der Waals surface area contributed by atoms with Crippen molar-refractivity contribution < 1.29 is 5.11 Å². The number of nitrogens with zero attached hydrogens (tertiary/aromatic N) is 2. The van der Waals surface area contributed by atoms with Crippen molar-refractivity contribution in [2.45, 2.75) is 6.10 Å². The quantitative estimate of drug-likeness (QED) is 0.851. The molecular weight excluding hydrogens is 305 g/mol. The van der Waals surface area contributed by atoms with Gasteiger partial charge in [-0.25, -0.2) is 0 Å². The largest absolute Gasteiger partial charge is 0.390 e. The molecule has 0 saturated carbocycles. The van der Waals surface area contributed by atoms with Gasteiger partial charge in [-0.05, 0) is 28.1 Å². The number of alkyl halides is 1. The van der Waals surface area contributed by atoms with Gasteiger partial charge in [-0.2, -0.15) is 5.10 Å². The summed E-state index contributed by atoms with van der Waals surface area (Å²) in [6, 6.07) is 5.90. The number of aromatic nitrogens is 2. The molecule has 4 nitrogen and oxygen atoms in total. The van der Waals surface area contributed by atoms with Crippen molar-refractivity contribution in [1.29, 1.82) is 0 Å². The zero-order chi connectivity index (χ0) is 12.4. The van der Waals surface area contributed by atoms with Gasteiger partial charge in [0.2, 0.25) is 0 Å². The van der Waals surface area contributed by atoms with Crippen LogP contribution in [-0.2, 0) is 7.05 Å². The SMILES string of the molecule is Cn1nc(Br)c2cccc(NCC(O)CCl)c21. The van der Waals surface area contributed by atoms with E-state index < -0.39 is 6.10 Å². The summed E-state index contributed by atoms with van der Waals surface area (Å²) < 4.78 is 2.62. The van der Waals surface area contributed by atoms with E-state index in [1.165, 1.54) is 0 Å². The second kappa shape index (κ2) is 5.25. The van der Waals surface area contributed by atoms with Crippen LogP contribution in [0.2, 0.25) is 0 Å². The van der Waals surface area contributed by atoms with E-state index in [-0.39, 0.29) is 5.88 Å². The van der Waals surface area contributed by atoms with Crippen molar-refractivity contribution in [3.05, 3.63) is 22.8 Å². The van der Waals surface area contributed by atoms with Crippen LogP contribution in [0.3, 0.4) is 0 Å². The smallest absolute Gasteiger partial charge is 0.136 e. The summed E-state index contributed by atoms with van der Waals surface area (Å²) in [5.41, 5.74) is 1.94. The lowest BCUT2D eigenvalue weighted by atomic mass is 10.2. The van der Waals surface area contributed by atoms with Gasteiger partial charge in [0.05, 0.1) is 23.2 Å². The summed E-state index contributed by atoms with van der Waals surface area (Å²) in [4.78, 5) is 0. The first-order valence-electron chi connectivity index (χ1n) is 5.22. The van der Waals surface area contributed by atoms with Crippen LogP contribution in [0.25, 0.3) is 10.9 Å². The molecule has 0 bridgehead atoms. The molecule has 1 aromatic carbocycles. The molecule has 0 amide bonds. The maximum atomic E-state index is 9.44. The van der Waals surface area contributed by atoms with E-state index in [4.69, 9.17) is 11.6 Å². The molecule has 1 aromatic heterocycles. The van der Waals surface area contributed by atoms with Crippen molar-refractivity contribution in [3.8, 4) is 0 Å². The van der Waals surface area contributed by atoms with Gasteiger partial charge in [0.25, 0.3) is 0 Å². The van der Waals surface area contributed by atoms with Gasteiger partial charge in [0.15, 0.2) is 0 Å². The minimum Gasteiger partial charge on any atom is -0.390 e. The zero-order valence-electron chi connectivity index (χ0n) is 9.32. The number of nitrogens with one attached hydrogen (secondary N) is 1. The number of halogens is 2. The Morgan fingerprint density at radius 1 is 1.59 bits per heavy atom. The fourth-order valence-electron chi connectivity index (χ4n) is 1.72. The van der Waals surface area contributed by atoms with Crippen LogP contribution < -0.4 is 5.32 Å². The maximum Gasteiger partial charge on any atom is 0.136 e. The van der Waals surface area contributed by atoms with Crippen LogP contribution >= 0.6 is 27.5 Å². The Kier molecular flexibility index (Phi) is 3.91. The second-order valence-corrected chi connectivity index (χ2v) is 4.86. The first-order chi connectivity index (χ1) is 8.13. The molecule has 0 aliphatic rings. The molecule has 1 heterocycles. The third-order valence-corrected chi connectivity index (χ3v) is 3.47. The minimum absolute atomic E-state index is 0.220. The number of aryl methyl sites for hydroxylation is 1. The number of hydrogen-bond acceptors (Lipinski definition) is 3. The highest BCUT2D eigenvalue weighted by Crippen LogP contribution is 2.28. The van der Waals surface area contributed by atoms with Crippen LogP contribution in [0.4, 0.5) is 5.69 Å². The summed E-state index contributed by atoms with van der Waals surface area (Å²) in [5, 5.41) is 18.0. The highest BCUT2D eigenvalue weighted by atomic mass is 79.9. The van der Waals surface area contributed by atoms with E-state index in [2.05, 4.69) is 26.3 Å². The van der Waals surface area contributed by atoms with Gasteiger partial charge in [-0.15, -0.1) is 11.6 Å². The Balaban J connectivity index is 2.34. The van der Waals surface area contributed by atoms with Gasteiger partial charge in [-0.3, -0.25) is 4.68 Å². The van der Waals surface area contributed by atoms with Gasteiger partial charge in [0.1, 0.15) is 4.60 Å². The number of para-hydroxylation sites is 1. The molecule has 6 heteroatoms. The van der Waals surface area contributed by atoms with Crippen LogP contribution in [0.15, 0.2) is 22.8 Å². The molecule has 1 unspecified atom stereocenters. The Morgan fingerprint density at radius 2 is 2.35 bits per heavy atom. The lowest BCUT2D eigenvalue weighted by molar-refractivity contribution is 0.211. The topological polar surface area (TPSA) is 50.1 Å². The predicted molar refractivity (Wildman–Crippen MR) is 73.6 cm³/mol. The van der Waals surface area contributed by atoms with Crippen molar-refractivity contribution >= 4 is 44.1 Å². The van der Waals surface area contributed by atoms with Crippen molar-refractivity contribution in [2.24, 2.45) is 7.05 Å². The molecule has 2 N–H and O–H groups in total. The molecule has 0 aliphatic heterocycles. The summed E-state index contributed by atoms with van der Waals surface area (Å²) >= 11 is 8.97. The number of rotatable bonds is 4. The highest BCUT2D eigenvalue weighted by molar-refractivity contribution is 9.10. The van der Waals surface area contributed by atoms with Gasteiger partial charge >= 0.3 is 0 Å². The number of anilines is 1. The molecule has 92 valence electrons. The average Bonchev–Trinajstić information content (AvgIpc) is 2.63. The standard InChI is InChI=1S/C11H13BrClN3O/c1-16-10-8(11(12)15-16)3-2-4-9(10)14-6-7(17)5-13/h2-4,7,14,17H,5-6H2,1H3.